The average molecular weight is 269 g/mol. The average Bonchev–Trinajstić information content (AvgIpc) is 2.87. The largest absolute Gasteiger partial charge is 0.456 e. The lowest BCUT2D eigenvalue weighted by molar-refractivity contribution is 0.478. The summed E-state index contributed by atoms with van der Waals surface area (Å²) in [6.07, 6.45) is 0.668. The van der Waals surface area contributed by atoms with Gasteiger partial charge in [0.1, 0.15) is 5.76 Å². The van der Waals surface area contributed by atoms with Gasteiger partial charge >= 0.3 is 0 Å². The fourth-order valence-corrected chi connectivity index (χ4v) is 2.31. The summed E-state index contributed by atoms with van der Waals surface area (Å²) in [4.78, 5) is 0. The molecule has 2 nitrogen and oxygen atoms in total. The molecule has 0 aliphatic heterocycles. The summed E-state index contributed by atoms with van der Waals surface area (Å²) in [5.74, 6) is 0.266. The molecule has 1 unspecified atom stereocenters. The van der Waals surface area contributed by atoms with E-state index in [1.54, 1.807) is 6.07 Å². The summed E-state index contributed by atoms with van der Waals surface area (Å²) in [7, 11) is 0. The third kappa shape index (κ3) is 2.45. The number of nitrogens with two attached hydrogens (primary N) is 1. The molecule has 0 aliphatic rings. The zero-order valence-electron chi connectivity index (χ0n) is 11.3. The topological polar surface area (TPSA) is 39.2 Å². The number of fused-ring (bicyclic) bond motifs is 1. The molecule has 0 fully saturated rings. The molecule has 0 bridgehead atoms. The minimum Gasteiger partial charge on any atom is -0.456 e. The van der Waals surface area contributed by atoms with Gasteiger partial charge in [-0.1, -0.05) is 42.0 Å². The number of hydrogen-bond donors (Lipinski definition) is 1. The Morgan fingerprint density at radius 1 is 1.15 bits per heavy atom. The third-order valence-electron chi connectivity index (χ3n) is 3.46. The van der Waals surface area contributed by atoms with E-state index in [1.807, 2.05) is 19.1 Å². The van der Waals surface area contributed by atoms with Gasteiger partial charge in [-0.2, -0.15) is 0 Å². The first kappa shape index (κ1) is 12.9. The molecule has 0 saturated heterocycles. The molecule has 0 radical (unpaired) electrons. The highest BCUT2D eigenvalue weighted by atomic mass is 19.1. The first-order chi connectivity index (χ1) is 9.63. The Bertz CT molecular complexity index is 730. The van der Waals surface area contributed by atoms with E-state index in [9.17, 15) is 4.39 Å². The van der Waals surface area contributed by atoms with Crippen LogP contribution in [0.3, 0.4) is 0 Å². The Hall–Kier alpha value is -2.13. The van der Waals surface area contributed by atoms with Crippen molar-refractivity contribution in [3.63, 3.8) is 0 Å². The normalized spacial score (nSPS) is 12.8. The van der Waals surface area contributed by atoms with Crippen LogP contribution in [0.2, 0.25) is 0 Å². The van der Waals surface area contributed by atoms with Crippen LogP contribution in [0, 0.1) is 12.7 Å². The van der Waals surface area contributed by atoms with Crippen molar-refractivity contribution in [3.05, 3.63) is 71.2 Å². The molecule has 3 aromatic rings. The maximum absolute atomic E-state index is 13.6. The lowest BCUT2D eigenvalue weighted by atomic mass is 10.0. The first-order valence-electron chi connectivity index (χ1n) is 6.62. The number of furan rings is 1. The molecule has 0 aliphatic carbocycles. The van der Waals surface area contributed by atoms with Crippen molar-refractivity contribution in [2.45, 2.75) is 19.4 Å². The summed E-state index contributed by atoms with van der Waals surface area (Å²) in [6, 6.07) is 14.6. The van der Waals surface area contributed by atoms with E-state index < -0.39 is 0 Å². The Kier molecular flexibility index (Phi) is 3.28. The van der Waals surface area contributed by atoms with E-state index >= 15 is 0 Å². The Labute approximate surface area is 117 Å². The maximum Gasteiger partial charge on any atom is 0.169 e. The third-order valence-corrected chi connectivity index (χ3v) is 3.46. The van der Waals surface area contributed by atoms with Crippen molar-refractivity contribution in [1.82, 2.24) is 0 Å². The van der Waals surface area contributed by atoms with Crippen molar-refractivity contribution in [3.8, 4) is 0 Å². The van der Waals surface area contributed by atoms with Crippen LogP contribution in [-0.4, -0.2) is 0 Å². The zero-order chi connectivity index (χ0) is 14.1. The standard InChI is InChI=1S/C17H16FNO/c1-11-5-7-12(8-6-11)9-15(19)16-10-13-3-2-4-14(18)17(13)20-16/h2-8,10,15H,9,19H2,1H3. The highest BCUT2D eigenvalue weighted by Gasteiger charge is 2.14. The molecule has 0 saturated carbocycles. The van der Waals surface area contributed by atoms with E-state index in [2.05, 4.69) is 24.3 Å². The quantitative estimate of drug-likeness (QED) is 0.776. The number of para-hydroxylation sites is 1. The second kappa shape index (κ2) is 5.10. The van der Waals surface area contributed by atoms with Crippen LogP contribution in [0.4, 0.5) is 4.39 Å². The van der Waals surface area contributed by atoms with E-state index in [4.69, 9.17) is 10.2 Å². The number of benzene rings is 2. The van der Waals surface area contributed by atoms with Gasteiger partial charge in [-0.05, 0) is 31.0 Å². The highest BCUT2D eigenvalue weighted by Crippen LogP contribution is 2.26. The van der Waals surface area contributed by atoms with Gasteiger partial charge in [-0.25, -0.2) is 4.39 Å². The van der Waals surface area contributed by atoms with Crippen LogP contribution in [0.25, 0.3) is 11.0 Å². The van der Waals surface area contributed by atoms with Gasteiger partial charge in [-0.15, -0.1) is 0 Å². The highest BCUT2D eigenvalue weighted by molar-refractivity contribution is 5.78. The molecule has 2 N–H and O–H groups in total. The fraction of sp³-hybridized carbons (Fsp3) is 0.176. The van der Waals surface area contributed by atoms with Gasteiger partial charge < -0.3 is 10.2 Å². The van der Waals surface area contributed by atoms with E-state index in [0.717, 1.165) is 10.9 Å². The number of halogens is 1. The van der Waals surface area contributed by atoms with Crippen LogP contribution in [0.5, 0.6) is 0 Å². The van der Waals surface area contributed by atoms with E-state index in [0.29, 0.717) is 12.2 Å². The molecular formula is C17H16FNO. The fourth-order valence-electron chi connectivity index (χ4n) is 2.31. The van der Waals surface area contributed by atoms with Crippen LogP contribution < -0.4 is 5.73 Å². The van der Waals surface area contributed by atoms with Crippen molar-refractivity contribution in [2.24, 2.45) is 5.73 Å². The van der Waals surface area contributed by atoms with Gasteiger partial charge in [0, 0.05) is 5.39 Å². The van der Waals surface area contributed by atoms with Crippen LogP contribution in [-0.2, 0) is 6.42 Å². The van der Waals surface area contributed by atoms with Crippen molar-refractivity contribution in [1.29, 1.82) is 0 Å². The SMILES string of the molecule is Cc1ccc(CC(N)c2cc3cccc(F)c3o2)cc1. The molecule has 20 heavy (non-hydrogen) atoms. The number of aryl methyl sites for hydroxylation is 1. The molecule has 3 rings (SSSR count). The second-order valence-corrected chi connectivity index (χ2v) is 5.10. The summed E-state index contributed by atoms with van der Waals surface area (Å²) in [6.45, 7) is 2.05. The molecule has 1 aromatic heterocycles. The molecule has 102 valence electrons. The lowest BCUT2D eigenvalue weighted by Gasteiger charge is -2.08. The van der Waals surface area contributed by atoms with Crippen molar-refractivity contribution < 1.29 is 8.81 Å². The molecule has 2 aromatic carbocycles. The Balaban J connectivity index is 1.86. The number of rotatable bonds is 3. The number of hydrogen-bond acceptors (Lipinski definition) is 2. The van der Waals surface area contributed by atoms with Crippen LogP contribution >= 0.6 is 0 Å². The maximum atomic E-state index is 13.6. The molecule has 0 amide bonds. The predicted octanol–water partition coefficient (Wildman–Crippen LogP) is 4.12. The first-order valence-corrected chi connectivity index (χ1v) is 6.62. The molecule has 3 heteroatoms. The van der Waals surface area contributed by atoms with Gasteiger partial charge in [0.2, 0.25) is 0 Å². The summed E-state index contributed by atoms with van der Waals surface area (Å²) >= 11 is 0. The summed E-state index contributed by atoms with van der Waals surface area (Å²) < 4.78 is 19.2. The van der Waals surface area contributed by atoms with Gasteiger partial charge in [0.15, 0.2) is 11.4 Å². The predicted molar refractivity (Wildman–Crippen MR) is 78.0 cm³/mol. The molecular weight excluding hydrogens is 253 g/mol. The minimum atomic E-state index is -0.351. The minimum absolute atomic E-state index is 0.274. The zero-order valence-corrected chi connectivity index (χ0v) is 11.3. The van der Waals surface area contributed by atoms with Crippen molar-refractivity contribution in [2.75, 3.05) is 0 Å². The van der Waals surface area contributed by atoms with Crippen LogP contribution in [0.1, 0.15) is 22.9 Å². The van der Waals surface area contributed by atoms with E-state index in [1.165, 1.54) is 11.6 Å². The molecule has 1 heterocycles. The second-order valence-electron chi connectivity index (χ2n) is 5.10. The lowest BCUT2D eigenvalue weighted by Crippen LogP contribution is -2.12. The Morgan fingerprint density at radius 2 is 1.90 bits per heavy atom. The summed E-state index contributed by atoms with van der Waals surface area (Å²) in [5.41, 5.74) is 8.80. The summed E-state index contributed by atoms with van der Waals surface area (Å²) in [5, 5.41) is 0.749. The monoisotopic (exact) mass is 269 g/mol. The van der Waals surface area contributed by atoms with Gasteiger partial charge in [-0.3, -0.25) is 0 Å². The van der Waals surface area contributed by atoms with Crippen molar-refractivity contribution >= 4 is 11.0 Å². The molecule has 1 atom stereocenters. The Morgan fingerprint density at radius 3 is 2.60 bits per heavy atom. The van der Waals surface area contributed by atoms with Gasteiger partial charge in [0.25, 0.3) is 0 Å². The smallest absolute Gasteiger partial charge is 0.169 e. The van der Waals surface area contributed by atoms with Gasteiger partial charge in [0.05, 0.1) is 6.04 Å². The van der Waals surface area contributed by atoms with Crippen LogP contribution in [0.15, 0.2) is 52.9 Å². The van der Waals surface area contributed by atoms with E-state index in [-0.39, 0.29) is 17.4 Å². The molecule has 0 spiro atoms.